The summed E-state index contributed by atoms with van der Waals surface area (Å²) in [7, 11) is -4.86. The minimum atomic E-state index is -4.86. The van der Waals surface area contributed by atoms with Crippen molar-refractivity contribution in [3.63, 3.8) is 0 Å². The van der Waals surface area contributed by atoms with Gasteiger partial charge in [0.1, 0.15) is 0 Å². The number of amides is 1. The zero-order valence-corrected chi connectivity index (χ0v) is 21.5. The van der Waals surface area contributed by atoms with Crippen LogP contribution >= 0.6 is 12.2 Å². The maximum absolute atomic E-state index is 13.1. The quantitative estimate of drug-likeness (QED) is 0.106. The van der Waals surface area contributed by atoms with Crippen molar-refractivity contribution in [2.75, 3.05) is 6.54 Å². The Balaban J connectivity index is 1.99. The van der Waals surface area contributed by atoms with Crippen molar-refractivity contribution >= 4 is 33.5 Å². The third kappa shape index (κ3) is 14.9. The van der Waals surface area contributed by atoms with Crippen LogP contribution in [-0.4, -0.2) is 26.0 Å². The lowest BCUT2D eigenvalue weighted by Crippen LogP contribution is -2.47. The summed E-state index contributed by atoms with van der Waals surface area (Å²) < 4.78 is 34.9. The smallest absolute Gasteiger partial charge is 0.332 e. The average Bonchev–Trinajstić information content (AvgIpc) is 2.79. The molecule has 0 radical (unpaired) electrons. The summed E-state index contributed by atoms with van der Waals surface area (Å²) in [6.45, 7) is 2.96. The fraction of sp³-hybridized carbons (Fsp3) is 0.667. The first-order valence-corrected chi connectivity index (χ1v) is 14.0. The summed E-state index contributed by atoms with van der Waals surface area (Å²) in [5.41, 5.74) is 4.95. The van der Waals surface area contributed by atoms with Gasteiger partial charge in [-0.1, -0.05) is 96.5 Å². The summed E-state index contributed by atoms with van der Waals surface area (Å²) in [5, 5.41) is 3.29. The molecular formula is C24H40FN3O3S2. The number of nitrogens with one attached hydrogen (secondary N) is 3. The van der Waals surface area contributed by atoms with Crippen molar-refractivity contribution in [3.8, 4) is 0 Å². The lowest BCUT2D eigenvalue weighted by Gasteiger charge is -2.11. The number of benzene rings is 1. The van der Waals surface area contributed by atoms with Crippen LogP contribution in [0.1, 0.15) is 107 Å². The molecule has 6 nitrogen and oxygen atoms in total. The van der Waals surface area contributed by atoms with Crippen LogP contribution in [0.5, 0.6) is 0 Å². The zero-order valence-electron chi connectivity index (χ0n) is 19.8. The molecular weight excluding hydrogens is 461 g/mol. The summed E-state index contributed by atoms with van der Waals surface area (Å²) in [6.07, 6.45) is 18.2. The standard InChI is InChI=1S/C24H40FN3O3S2/c1-2-3-4-5-6-7-8-9-10-11-12-13-14-15-19-26-24(32)28-27-23(29)21-17-16-18-22(20-21)33(25,30)31/h16-18,20H,2-15,19H2,1H3,(H,27,29)(H2,26,28,32). The molecule has 0 heterocycles. The molecule has 0 saturated carbocycles. The van der Waals surface area contributed by atoms with E-state index in [1.807, 2.05) is 0 Å². The minimum Gasteiger partial charge on any atom is -0.361 e. The Morgan fingerprint density at radius 2 is 1.36 bits per heavy atom. The van der Waals surface area contributed by atoms with Crippen LogP contribution in [0.2, 0.25) is 0 Å². The van der Waals surface area contributed by atoms with E-state index in [2.05, 4.69) is 23.1 Å². The topological polar surface area (TPSA) is 87.3 Å². The Labute approximate surface area is 204 Å². The van der Waals surface area contributed by atoms with Crippen molar-refractivity contribution in [1.29, 1.82) is 0 Å². The van der Waals surface area contributed by atoms with Crippen LogP contribution in [0.25, 0.3) is 0 Å². The van der Waals surface area contributed by atoms with Crippen LogP contribution in [0.3, 0.4) is 0 Å². The lowest BCUT2D eigenvalue weighted by molar-refractivity contribution is 0.0943. The first-order valence-electron chi connectivity index (χ1n) is 12.2. The Kier molecular flexibility index (Phi) is 15.7. The molecule has 0 saturated heterocycles. The number of hydrazine groups is 1. The average molecular weight is 502 g/mol. The van der Waals surface area contributed by atoms with Gasteiger partial charge in [-0.15, -0.1) is 3.89 Å². The van der Waals surface area contributed by atoms with Crippen molar-refractivity contribution in [2.45, 2.75) is 102 Å². The highest BCUT2D eigenvalue weighted by Gasteiger charge is 2.14. The van der Waals surface area contributed by atoms with Gasteiger partial charge in [-0.2, -0.15) is 8.42 Å². The Morgan fingerprint density at radius 3 is 1.88 bits per heavy atom. The maximum atomic E-state index is 13.1. The highest BCUT2D eigenvalue weighted by Crippen LogP contribution is 2.14. The fourth-order valence-corrected chi connectivity index (χ4v) is 4.20. The van der Waals surface area contributed by atoms with Gasteiger partial charge in [0, 0.05) is 12.1 Å². The Bertz CT molecular complexity index is 804. The van der Waals surface area contributed by atoms with Crippen LogP contribution in [0.4, 0.5) is 3.89 Å². The second-order valence-electron chi connectivity index (χ2n) is 8.40. The molecule has 0 aliphatic heterocycles. The van der Waals surface area contributed by atoms with Gasteiger partial charge in [0.15, 0.2) is 5.11 Å². The van der Waals surface area contributed by atoms with E-state index in [1.165, 1.54) is 89.2 Å². The van der Waals surface area contributed by atoms with Gasteiger partial charge in [0.2, 0.25) is 0 Å². The van der Waals surface area contributed by atoms with Crippen molar-refractivity contribution in [2.24, 2.45) is 0 Å². The molecule has 188 valence electrons. The molecule has 0 aromatic heterocycles. The molecule has 3 N–H and O–H groups in total. The maximum Gasteiger partial charge on any atom is 0.332 e. The predicted molar refractivity (Wildman–Crippen MR) is 136 cm³/mol. The third-order valence-electron chi connectivity index (χ3n) is 5.48. The van der Waals surface area contributed by atoms with Gasteiger partial charge in [0.25, 0.3) is 5.91 Å². The second-order valence-corrected chi connectivity index (χ2v) is 10.2. The SMILES string of the molecule is CCCCCCCCCCCCCCCCNC(=S)NNC(=O)c1cccc(S(=O)(=O)F)c1. The van der Waals surface area contributed by atoms with E-state index in [0.717, 1.165) is 25.0 Å². The van der Waals surface area contributed by atoms with Gasteiger partial charge in [-0.25, -0.2) is 0 Å². The molecule has 0 unspecified atom stereocenters. The first kappa shape index (κ1) is 29.3. The van der Waals surface area contributed by atoms with Crippen LogP contribution in [0, 0.1) is 0 Å². The van der Waals surface area contributed by atoms with E-state index in [9.17, 15) is 17.1 Å². The summed E-state index contributed by atoms with van der Waals surface area (Å²) >= 11 is 5.11. The second kappa shape index (κ2) is 17.7. The largest absolute Gasteiger partial charge is 0.361 e. The van der Waals surface area contributed by atoms with Crippen LogP contribution < -0.4 is 16.2 Å². The molecule has 1 amide bonds. The monoisotopic (exact) mass is 501 g/mol. The highest BCUT2D eigenvalue weighted by molar-refractivity contribution is 7.86. The molecule has 1 aromatic rings. The third-order valence-corrected chi connectivity index (χ3v) is 6.55. The molecule has 9 heteroatoms. The molecule has 0 spiro atoms. The zero-order chi connectivity index (χ0) is 24.4. The molecule has 0 bridgehead atoms. The van der Waals surface area contributed by atoms with Crippen molar-refractivity contribution in [3.05, 3.63) is 29.8 Å². The van der Waals surface area contributed by atoms with E-state index >= 15 is 0 Å². The minimum absolute atomic E-state index is 0.0102. The number of carbonyl (C=O) groups excluding carboxylic acids is 1. The van der Waals surface area contributed by atoms with Gasteiger partial charge in [-0.05, 0) is 36.8 Å². The number of halogens is 1. The number of carbonyl (C=O) groups is 1. The summed E-state index contributed by atoms with van der Waals surface area (Å²) in [4.78, 5) is 11.5. The van der Waals surface area contributed by atoms with E-state index < -0.39 is 21.0 Å². The summed E-state index contributed by atoms with van der Waals surface area (Å²) in [6, 6.07) is 4.74. The summed E-state index contributed by atoms with van der Waals surface area (Å²) in [5.74, 6) is -0.610. The van der Waals surface area contributed by atoms with Gasteiger partial charge < -0.3 is 5.32 Å². The molecule has 33 heavy (non-hydrogen) atoms. The van der Waals surface area contributed by atoms with Gasteiger partial charge in [-0.3, -0.25) is 15.6 Å². The molecule has 0 atom stereocenters. The van der Waals surface area contributed by atoms with Crippen LogP contribution in [-0.2, 0) is 10.2 Å². The number of unbranched alkanes of at least 4 members (excludes halogenated alkanes) is 13. The number of hydrogen-bond acceptors (Lipinski definition) is 4. The number of rotatable bonds is 17. The van der Waals surface area contributed by atoms with Gasteiger partial charge >= 0.3 is 10.2 Å². The van der Waals surface area contributed by atoms with Crippen LogP contribution in [0.15, 0.2) is 29.2 Å². The van der Waals surface area contributed by atoms with Crippen molar-refractivity contribution in [1.82, 2.24) is 16.2 Å². The van der Waals surface area contributed by atoms with E-state index in [4.69, 9.17) is 12.2 Å². The predicted octanol–water partition coefficient (Wildman–Crippen LogP) is 5.94. The fourth-order valence-electron chi connectivity index (χ4n) is 3.54. The van der Waals surface area contributed by atoms with Gasteiger partial charge in [0.05, 0.1) is 4.90 Å². The first-order chi connectivity index (χ1) is 15.8. The lowest BCUT2D eigenvalue weighted by atomic mass is 10.0. The number of thiocarbonyl (C=S) groups is 1. The Morgan fingerprint density at radius 1 is 0.848 bits per heavy atom. The van der Waals surface area contributed by atoms with Crippen molar-refractivity contribution < 1.29 is 17.1 Å². The van der Waals surface area contributed by atoms with E-state index in [-0.39, 0.29) is 10.7 Å². The molecule has 0 aliphatic rings. The molecule has 1 rings (SSSR count). The molecule has 1 aromatic carbocycles. The molecule has 0 aliphatic carbocycles. The van der Waals surface area contributed by atoms with E-state index in [0.29, 0.717) is 6.54 Å². The Hall–Kier alpha value is -1.74. The number of hydrogen-bond donors (Lipinski definition) is 3. The van der Waals surface area contributed by atoms with E-state index in [1.54, 1.807) is 0 Å². The highest BCUT2D eigenvalue weighted by atomic mass is 32.3. The molecule has 0 fully saturated rings. The normalized spacial score (nSPS) is 11.2.